The van der Waals surface area contributed by atoms with Gasteiger partial charge in [-0.15, -0.1) is 5.10 Å². The Morgan fingerprint density at radius 3 is 2.71 bits per heavy atom. The molecule has 94 valence electrons. The molecule has 1 aromatic heterocycles. The van der Waals surface area contributed by atoms with Gasteiger partial charge in [0.25, 0.3) is 5.91 Å². The first-order valence-electron chi connectivity index (χ1n) is 5.36. The number of carbonyl (C=O) groups is 2. The van der Waals surface area contributed by atoms with Crippen LogP contribution in [-0.4, -0.2) is 33.1 Å². The molecule has 6 nitrogen and oxygen atoms in total. The third-order valence-corrected chi connectivity index (χ3v) is 3.18. The highest BCUT2D eigenvalue weighted by Gasteiger charge is 2.19. The van der Waals surface area contributed by atoms with Gasteiger partial charge in [-0.3, -0.25) is 9.59 Å². The first-order valence-corrected chi connectivity index (χ1v) is 6.13. The number of carboxylic acids is 1. The lowest BCUT2D eigenvalue weighted by Gasteiger charge is -2.11. The first-order chi connectivity index (χ1) is 8.06. The van der Waals surface area contributed by atoms with E-state index in [1.807, 2.05) is 6.92 Å². The fourth-order valence-electron chi connectivity index (χ4n) is 1.40. The number of nitrogens with one attached hydrogen (secondary N) is 1. The van der Waals surface area contributed by atoms with Crippen LogP contribution in [0.2, 0.25) is 0 Å². The summed E-state index contributed by atoms with van der Waals surface area (Å²) < 4.78 is 3.66. The Hall–Kier alpha value is -1.50. The SMILES string of the molecule is CCCC(CNC(=O)c1snnc1C)C(=O)O. The van der Waals surface area contributed by atoms with E-state index in [2.05, 4.69) is 14.9 Å². The molecule has 17 heavy (non-hydrogen) atoms. The number of carbonyl (C=O) groups excluding carboxylic acids is 1. The van der Waals surface area contributed by atoms with Gasteiger partial charge in [0.05, 0.1) is 11.6 Å². The van der Waals surface area contributed by atoms with E-state index in [9.17, 15) is 9.59 Å². The number of aryl methyl sites for hydroxylation is 1. The Labute approximate surface area is 103 Å². The highest BCUT2D eigenvalue weighted by atomic mass is 32.1. The molecule has 0 aliphatic carbocycles. The van der Waals surface area contributed by atoms with Gasteiger partial charge in [-0.05, 0) is 24.9 Å². The number of carboxylic acid groups (broad SMARTS) is 1. The molecule has 7 heteroatoms. The van der Waals surface area contributed by atoms with Crippen molar-refractivity contribution in [1.82, 2.24) is 14.9 Å². The normalized spacial score (nSPS) is 12.1. The van der Waals surface area contributed by atoms with Crippen LogP contribution in [0.5, 0.6) is 0 Å². The van der Waals surface area contributed by atoms with Gasteiger partial charge in [-0.1, -0.05) is 17.8 Å². The number of hydrogen-bond acceptors (Lipinski definition) is 5. The summed E-state index contributed by atoms with van der Waals surface area (Å²) in [6.07, 6.45) is 1.32. The van der Waals surface area contributed by atoms with Crippen molar-refractivity contribution in [2.24, 2.45) is 5.92 Å². The minimum atomic E-state index is -0.883. The molecule has 0 saturated carbocycles. The summed E-state index contributed by atoms with van der Waals surface area (Å²) in [5.74, 6) is -1.73. The monoisotopic (exact) mass is 257 g/mol. The van der Waals surface area contributed by atoms with Gasteiger partial charge in [0.1, 0.15) is 4.88 Å². The van der Waals surface area contributed by atoms with Crippen molar-refractivity contribution in [1.29, 1.82) is 0 Å². The summed E-state index contributed by atoms with van der Waals surface area (Å²) in [5, 5.41) is 15.3. The predicted octanol–water partition coefficient (Wildman–Crippen LogP) is 1.08. The van der Waals surface area contributed by atoms with Crippen LogP contribution < -0.4 is 5.32 Å². The second-order valence-corrected chi connectivity index (χ2v) is 4.48. The Morgan fingerprint density at radius 1 is 1.53 bits per heavy atom. The van der Waals surface area contributed by atoms with Gasteiger partial charge >= 0.3 is 5.97 Å². The van der Waals surface area contributed by atoms with E-state index in [4.69, 9.17) is 5.11 Å². The average Bonchev–Trinajstić information content (AvgIpc) is 2.69. The predicted molar refractivity (Wildman–Crippen MR) is 63.0 cm³/mol. The molecule has 1 amide bonds. The van der Waals surface area contributed by atoms with E-state index in [0.717, 1.165) is 18.0 Å². The zero-order valence-electron chi connectivity index (χ0n) is 9.77. The third kappa shape index (κ3) is 3.77. The molecule has 2 N–H and O–H groups in total. The highest BCUT2D eigenvalue weighted by Crippen LogP contribution is 2.10. The van der Waals surface area contributed by atoms with Gasteiger partial charge in [-0.2, -0.15) is 0 Å². The zero-order chi connectivity index (χ0) is 12.8. The minimum Gasteiger partial charge on any atom is -0.481 e. The summed E-state index contributed by atoms with van der Waals surface area (Å²) in [6.45, 7) is 3.74. The van der Waals surface area contributed by atoms with Crippen LogP contribution in [0.1, 0.15) is 35.1 Å². The summed E-state index contributed by atoms with van der Waals surface area (Å²) >= 11 is 1.01. The summed E-state index contributed by atoms with van der Waals surface area (Å²) in [5.41, 5.74) is 0.565. The standard InChI is InChI=1S/C10H15N3O3S/c1-3-4-7(10(15)16)5-11-9(14)8-6(2)12-13-17-8/h7H,3-5H2,1-2H3,(H,11,14)(H,15,16). The molecule has 1 rings (SSSR count). The maximum Gasteiger partial charge on any atom is 0.308 e. The minimum absolute atomic E-state index is 0.138. The van der Waals surface area contributed by atoms with Crippen LogP contribution >= 0.6 is 11.5 Å². The molecule has 1 unspecified atom stereocenters. The summed E-state index contributed by atoms with van der Waals surface area (Å²) in [6, 6.07) is 0. The maximum atomic E-state index is 11.7. The fraction of sp³-hybridized carbons (Fsp3) is 0.600. The number of aliphatic carboxylic acids is 1. The van der Waals surface area contributed by atoms with Gasteiger partial charge in [0.2, 0.25) is 0 Å². The molecule has 0 radical (unpaired) electrons. The Kier molecular flexibility index (Phi) is 5.02. The number of nitrogens with zero attached hydrogens (tertiary/aromatic N) is 2. The molecular weight excluding hydrogens is 242 g/mol. The summed E-state index contributed by atoms with van der Waals surface area (Å²) in [4.78, 5) is 23.0. The van der Waals surface area contributed by atoms with Crippen LogP contribution in [0.3, 0.4) is 0 Å². The van der Waals surface area contributed by atoms with Crippen molar-refractivity contribution in [2.75, 3.05) is 6.54 Å². The lowest BCUT2D eigenvalue weighted by Crippen LogP contribution is -2.32. The van der Waals surface area contributed by atoms with E-state index in [0.29, 0.717) is 17.0 Å². The van der Waals surface area contributed by atoms with Crippen molar-refractivity contribution >= 4 is 23.4 Å². The van der Waals surface area contributed by atoms with Crippen molar-refractivity contribution in [2.45, 2.75) is 26.7 Å². The van der Waals surface area contributed by atoms with Gasteiger partial charge in [0, 0.05) is 6.54 Å². The molecule has 1 aromatic rings. The van der Waals surface area contributed by atoms with Crippen LogP contribution in [0.4, 0.5) is 0 Å². The van der Waals surface area contributed by atoms with E-state index < -0.39 is 11.9 Å². The zero-order valence-corrected chi connectivity index (χ0v) is 10.6. The lowest BCUT2D eigenvalue weighted by molar-refractivity contribution is -0.141. The number of amides is 1. The van der Waals surface area contributed by atoms with Crippen LogP contribution in [0, 0.1) is 12.8 Å². The van der Waals surface area contributed by atoms with Gasteiger partial charge in [-0.25, -0.2) is 0 Å². The molecule has 1 heterocycles. The van der Waals surface area contributed by atoms with Gasteiger partial charge in [0.15, 0.2) is 0 Å². The molecule has 0 saturated heterocycles. The topological polar surface area (TPSA) is 92.2 Å². The number of aromatic nitrogens is 2. The van der Waals surface area contributed by atoms with Crippen LogP contribution in [0.15, 0.2) is 0 Å². The second-order valence-electron chi connectivity index (χ2n) is 3.72. The molecule has 0 spiro atoms. The molecule has 0 bridgehead atoms. The van der Waals surface area contributed by atoms with Crippen molar-refractivity contribution in [3.8, 4) is 0 Å². The average molecular weight is 257 g/mol. The Balaban J connectivity index is 2.52. The van der Waals surface area contributed by atoms with E-state index >= 15 is 0 Å². The molecule has 0 fully saturated rings. The maximum absolute atomic E-state index is 11.7. The van der Waals surface area contributed by atoms with Crippen molar-refractivity contribution < 1.29 is 14.7 Å². The molecule has 0 aliphatic rings. The number of hydrogen-bond donors (Lipinski definition) is 2. The fourth-order valence-corrected chi connectivity index (χ4v) is 1.97. The van der Waals surface area contributed by atoms with E-state index in [1.165, 1.54) is 0 Å². The Bertz CT molecular complexity index is 405. The molecule has 1 atom stereocenters. The molecule has 0 aromatic carbocycles. The van der Waals surface area contributed by atoms with Crippen LogP contribution in [-0.2, 0) is 4.79 Å². The largest absolute Gasteiger partial charge is 0.481 e. The van der Waals surface area contributed by atoms with E-state index in [1.54, 1.807) is 6.92 Å². The highest BCUT2D eigenvalue weighted by molar-refractivity contribution is 7.07. The van der Waals surface area contributed by atoms with E-state index in [-0.39, 0.29) is 12.5 Å². The Morgan fingerprint density at radius 2 is 2.24 bits per heavy atom. The molecule has 0 aliphatic heterocycles. The number of rotatable bonds is 6. The first kappa shape index (κ1) is 13.6. The second kappa shape index (κ2) is 6.29. The summed E-state index contributed by atoms with van der Waals surface area (Å²) in [7, 11) is 0. The third-order valence-electron chi connectivity index (χ3n) is 2.35. The smallest absolute Gasteiger partial charge is 0.308 e. The molecular formula is C10H15N3O3S. The quantitative estimate of drug-likeness (QED) is 0.795. The van der Waals surface area contributed by atoms with Crippen molar-refractivity contribution in [3.63, 3.8) is 0 Å². The van der Waals surface area contributed by atoms with Crippen molar-refractivity contribution in [3.05, 3.63) is 10.6 Å². The van der Waals surface area contributed by atoms with Gasteiger partial charge < -0.3 is 10.4 Å². The van der Waals surface area contributed by atoms with Crippen LogP contribution in [0.25, 0.3) is 0 Å². The lowest BCUT2D eigenvalue weighted by atomic mass is 10.0.